The van der Waals surface area contributed by atoms with Crippen LogP contribution in [0.1, 0.15) is 48.4 Å². The van der Waals surface area contributed by atoms with Gasteiger partial charge in [-0.05, 0) is 26.7 Å². The Kier molecular flexibility index (Phi) is 1.96. The first kappa shape index (κ1) is 9.16. The summed E-state index contributed by atoms with van der Waals surface area (Å²) in [6.45, 7) is 6.03. The molecule has 1 unspecified atom stereocenters. The quantitative estimate of drug-likeness (QED) is 0.790. The van der Waals surface area contributed by atoms with E-state index in [9.17, 15) is 5.11 Å². The number of aryl methyl sites for hydroxylation is 1. The van der Waals surface area contributed by atoms with E-state index in [0.29, 0.717) is 5.41 Å². The highest BCUT2D eigenvalue weighted by atomic mass is 32.1. The van der Waals surface area contributed by atoms with Crippen molar-refractivity contribution >= 4 is 11.3 Å². The number of rotatable bonds is 2. The highest BCUT2D eigenvalue weighted by molar-refractivity contribution is 7.12. The lowest BCUT2D eigenvalue weighted by molar-refractivity contribution is 0.202. The van der Waals surface area contributed by atoms with Crippen LogP contribution in [0.25, 0.3) is 0 Å². The van der Waals surface area contributed by atoms with Crippen LogP contribution in [0.2, 0.25) is 0 Å². The van der Waals surface area contributed by atoms with Crippen LogP contribution in [0, 0.1) is 6.92 Å². The third-order valence-corrected chi connectivity index (χ3v) is 4.36. The number of thiazole rings is 1. The van der Waals surface area contributed by atoms with Gasteiger partial charge in [0.15, 0.2) is 0 Å². The van der Waals surface area contributed by atoms with E-state index >= 15 is 0 Å². The Balaban J connectivity index is 2.35. The lowest BCUT2D eigenvalue weighted by atomic mass is 10.2. The Bertz CT molecular complexity index is 326. The first-order valence-corrected chi connectivity index (χ1v) is 5.50. The van der Waals surface area contributed by atoms with Gasteiger partial charge in [-0.2, -0.15) is 0 Å². The van der Waals surface area contributed by atoms with Gasteiger partial charge in [-0.15, -0.1) is 11.3 Å². The SMILES string of the molecule is Cc1nc(C2(C)CC2)sc1C(C)O. The average molecular weight is 197 g/mol. The fraction of sp³-hybridized carbons (Fsp3) is 0.700. The Labute approximate surface area is 82.6 Å². The molecule has 1 heterocycles. The molecule has 13 heavy (non-hydrogen) atoms. The minimum absolute atomic E-state index is 0.336. The number of nitrogens with zero attached hydrogens (tertiary/aromatic N) is 1. The normalized spacial score (nSPS) is 21.5. The molecule has 0 aromatic carbocycles. The zero-order valence-corrected chi connectivity index (χ0v) is 9.11. The van der Waals surface area contributed by atoms with Crippen molar-refractivity contribution in [1.29, 1.82) is 0 Å². The summed E-state index contributed by atoms with van der Waals surface area (Å²) in [4.78, 5) is 5.55. The maximum atomic E-state index is 9.47. The summed E-state index contributed by atoms with van der Waals surface area (Å²) in [6.07, 6.45) is 2.13. The lowest BCUT2D eigenvalue weighted by Crippen LogP contribution is -1.97. The maximum absolute atomic E-state index is 9.47. The first-order chi connectivity index (χ1) is 6.03. The van der Waals surface area contributed by atoms with Gasteiger partial charge < -0.3 is 5.11 Å². The van der Waals surface area contributed by atoms with Crippen LogP contribution < -0.4 is 0 Å². The second-order valence-corrected chi connectivity index (χ2v) is 5.24. The highest BCUT2D eigenvalue weighted by Crippen LogP contribution is 2.49. The molecule has 1 aromatic rings. The minimum atomic E-state index is -0.367. The molecule has 3 heteroatoms. The second-order valence-electron chi connectivity index (χ2n) is 4.21. The van der Waals surface area contributed by atoms with Crippen LogP contribution in [0.5, 0.6) is 0 Å². The minimum Gasteiger partial charge on any atom is -0.388 e. The molecule has 1 N–H and O–H groups in total. The van der Waals surface area contributed by atoms with Gasteiger partial charge in [0.25, 0.3) is 0 Å². The fourth-order valence-corrected chi connectivity index (χ4v) is 2.66. The van der Waals surface area contributed by atoms with Crippen molar-refractivity contribution in [3.63, 3.8) is 0 Å². The monoisotopic (exact) mass is 197 g/mol. The van der Waals surface area contributed by atoms with E-state index in [0.717, 1.165) is 10.6 Å². The standard InChI is InChI=1S/C10H15NOS/c1-6-8(7(2)12)13-9(11-6)10(3)4-5-10/h7,12H,4-5H2,1-3H3. The molecule has 1 aromatic heterocycles. The van der Waals surface area contributed by atoms with Crippen molar-refractivity contribution in [3.8, 4) is 0 Å². The highest BCUT2D eigenvalue weighted by Gasteiger charge is 2.42. The summed E-state index contributed by atoms with van der Waals surface area (Å²) < 4.78 is 0. The topological polar surface area (TPSA) is 33.1 Å². The summed E-state index contributed by atoms with van der Waals surface area (Å²) in [5.41, 5.74) is 1.34. The van der Waals surface area contributed by atoms with Gasteiger partial charge in [0.2, 0.25) is 0 Å². The summed E-state index contributed by atoms with van der Waals surface area (Å²) in [5, 5.41) is 10.7. The van der Waals surface area contributed by atoms with Crippen LogP contribution in [-0.4, -0.2) is 10.1 Å². The predicted molar refractivity (Wildman–Crippen MR) is 54.1 cm³/mol. The predicted octanol–water partition coefficient (Wildman–Crippen LogP) is 2.56. The van der Waals surface area contributed by atoms with E-state index in [4.69, 9.17) is 0 Å². The summed E-state index contributed by atoms with van der Waals surface area (Å²) >= 11 is 1.68. The van der Waals surface area contributed by atoms with E-state index in [2.05, 4.69) is 11.9 Å². The van der Waals surface area contributed by atoms with Crippen molar-refractivity contribution in [2.45, 2.75) is 45.1 Å². The largest absolute Gasteiger partial charge is 0.388 e. The second kappa shape index (κ2) is 2.79. The van der Waals surface area contributed by atoms with Crippen LogP contribution in [0.15, 0.2) is 0 Å². The van der Waals surface area contributed by atoms with Crippen molar-refractivity contribution in [1.82, 2.24) is 4.98 Å². The van der Waals surface area contributed by atoms with E-state index in [1.807, 2.05) is 6.92 Å². The summed E-state index contributed by atoms with van der Waals surface area (Å²) in [5.74, 6) is 0. The van der Waals surface area contributed by atoms with E-state index in [1.165, 1.54) is 17.8 Å². The molecule has 0 amide bonds. The third-order valence-electron chi connectivity index (χ3n) is 2.73. The van der Waals surface area contributed by atoms with Crippen molar-refractivity contribution < 1.29 is 5.11 Å². The van der Waals surface area contributed by atoms with Crippen molar-refractivity contribution in [3.05, 3.63) is 15.6 Å². The molecular weight excluding hydrogens is 182 g/mol. The number of aliphatic hydroxyl groups excluding tert-OH is 1. The summed E-state index contributed by atoms with van der Waals surface area (Å²) in [7, 11) is 0. The number of aromatic nitrogens is 1. The number of hydrogen-bond donors (Lipinski definition) is 1. The van der Waals surface area contributed by atoms with Crippen molar-refractivity contribution in [2.75, 3.05) is 0 Å². The van der Waals surface area contributed by atoms with Crippen LogP contribution in [-0.2, 0) is 5.41 Å². The first-order valence-electron chi connectivity index (χ1n) is 4.69. The molecule has 0 aliphatic heterocycles. The molecule has 1 saturated carbocycles. The molecule has 1 fully saturated rings. The van der Waals surface area contributed by atoms with E-state index in [1.54, 1.807) is 18.3 Å². The lowest BCUT2D eigenvalue weighted by Gasteiger charge is -2.01. The zero-order chi connectivity index (χ0) is 9.64. The molecule has 1 atom stereocenters. The zero-order valence-electron chi connectivity index (χ0n) is 8.29. The molecule has 72 valence electrons. The van der Waals surface area contributed by atoms with Gasteiger partial charge >= 0.3 is 0 Å². The van der Waals surface area contributed by atoms with Gasteiger partial charge in [-0.25, -0.2) is 4.98 Å². The third kappa shape index (κ3) is 1.51. The molecule has 2 rings (SSSR count). The number of hydrogen-bond acceptors (Lipinski definition) is 3. The van der Waals surface area contributed by atoms with Gasteiger partial charge in [-0.3, -0.25) is 0 Å². The molecule has 2 nitrogen and oxygen atoms in total. The number of aliphatic hydroxyl groups is 1. The molecular formula is C10H15NOS. The molecule has 0 radical (unpaired) electrons. The van der Waals surface area contributed by atoms with Crippen LogP contribution >= 0.6 is 11.3 Å². The molecule has 1 aliphatic carbocycles. The van der Waals surface area contributed by atoms with Gasteiger partial charge in [0, 0.05) is 5.41 Å². The Hall–Kier alpha value is -0.410. The van der Waals surface area contributed by atoms with E-state index in [-0.39, 0.29) is 6.10 Å². The van der Waals surface area contributed by atoms with Gasteiger partial charge in [0.1, 0.15) is 0 Å². The molecule has 0 bridgehead atoms. The Morgan fingerprint density at radius 2 is 2.15 bits per heavy atom. The Morgan fingerprint density at radius 3 is 2.54 bits per heavy atom. The van der Waals surface area contributed by atoms with Gasteiger partial charge in [0.05, 0.1) is 21.7 Å². The fourth-order valence-electron chi connectivity index (χ4n) is 1.46. The molecule has 0 spiro atoms. The maximum Gasteiger partial charge on any atom is 0.0991 e. The van der Waals surface area contributed by atoms with Gasteiger partial charge in [-0.1, -0.05) is 6.92 Å². The van der Waals surface area contributed by atoms with E-state index < -0.39 is 0 Å². The Morgan fingerprint density at radius 1 is 1.54 bits per heavy atom. The molecule has 0 saturated heterocycles. The smallest absolute Gasteiger partial charge is 0.0991 e. The van der Waals surface area contributed by atoms with Crippen LogP contribution in [0.3, 0.4) is 0 Å². The van der Waals surface area contributed by atoms with Crippen molar-refractivity contribution in [2.24, 2.45) is 0 Å². The average Bonchev–Trinajstić information content (AvgIpc) is 2.63. The summed E-state index contributed by atoms with van der Waals surface area (Å²) in [6, 6.07) is 0. The molecule has 1 aliphatic rings. The van der Waals surface area contributed by atoms with Crippen LogP contribution in [0.4, 0.5) is 0 Å².